The van der Waals surface area contributed by atoms with Gasteiger partial charge in [-0.2, -0.15) is 0 Å². The first-order valence-electron chi connectivity index (χ1n) is 8.94. The molecule has 1 heterocycles. The number of fused-ring (bicyclic) bond motifs is 1. The summed E-state index contributed by atoms with van der Waals surface area (Å²) in [5.41, 5.74) is 1.85. The van der Waals surface area contributed by atoms with Crippen LogP contribution in [-0.4, -0.2) is 29.2 Å². The molecule has 25 heavy (non-hydrogen) atoms. The molecule has 1 N–H and O–H groups in total. The normalized spacial score (nSPS) is 29.9. The van der Waals surface area contributed by atoms with Crippen LogP contribution in [0.2, 0.25) is 0 Å². The van der Waals surface area contributed by atoms with Crippen molar-refractivity contribution in [2.75, 3.05) is 11.9 Å². The molecule has 5 heteroatoms. The predicted molar refractivity (Wildman–Crippen MR) is 93.5 cm³/mol. The van der Waals surface area contributed by atoms with Gasteiger partial charge in [-0.3, -0.25) is 19.3 Å². The van der Waals surface area contributed by atoms with Gasteiger partial charge in [0.2, 0.25) is 17.7 Å². The lowest BCUT2D eigenvalue weighted by Crippen LogP contribution is -2.38. The van der Waals surface area contributed by atoms with Crippen LogP contribution in [0.5, 0.6) is 0 Å². The van der Waals surface area contributed by atoms with Gasteiger partial charge in [-0.25, -0.2) is 0 Å². The SMILES string of the molecule is Cc1ccc(NC(=O)CCN2C(=O)C3C4C=CC(CC4)C3C2=O)cc1. The quantitative estimate of drug-likeness (QED) is 0.678. The fourth-order valence-electron chi connectivity index (χ4n) is 4.43. The molecule has 2 bridgehead atoms. The number of likely N-dealkylation sites (tertiary alicyclic amines) is 1. The van der Waals surface area contributed by atoms with Gasteiger partial charge in [-0.15, -0.1) is 0 Å². The summed E-state index contributed by atoms with van der Waals surface area (Å²) in [6, 6.07) is 7.54. The zero-order chi connectivity index (χ0) is 17.6. The van der Waals surface area contributed by atoms with Gasteiger partial charge >= 0.3 is 0 Å². The highest BCUT2D eigenvalue weighted by Crippen LogP contribution is 2.49. The summed E-state index contributed by atoms with van der Waals surface area (Å²) in [4.78, 5) is 38.8. The third-order valence-electron chi connectivity index (χ3n) is 5.75. The smallest absolute Gasteiger partial charge is 0.233 e. The highest BCUT2D eigenvalue weighted by Gasteiger charge is 2.56. The molecule has 3 amide bonds. The number of hydrogen-bond donors (Lipinski definition) is 1. The summed E-state index contributed by atoms with van der Waals surface area (Å²) >= 11 is 0. The van der Waals surface area contributed by atoms with Crippen LogP contribution in [0.1, 0.15) is 24.8 Å². The molecule has 3 aliphatic carbocycles. The van der Waals surface area contributed by atoms with Crippen LogP contribution >= 0.6 is 0 Å². The second-order valence-electron chi connectivity index (χ2n) is 7.33. The molecule has 0 radical (unpaired) electrons. The molecule has 5 nitrogen and oxygen atoms in total. The van der Waals surface area contributed by atoms with Crippen molar-refractivity contribution >= 4 is 23.4 Å². The Morgan fingerprint density at radius 3 is 2.12 bits per heavy atom. The van der Waals surface area contributed by atoms with Crippen molar-refractivity contribution in [3.05, 3.63) is 42.0 Å². The van der Waals surface area contributed by atoms with Crippen LogP contribution in [0.3, 0.4) is 0 Å². The molecule has 1 aromatic rings. The van der Waals surface area contributed by atoms with Crippen molar-refractivity contribution in [1.82, 2.24) is 4.90 Å². The Balaban J connectivity index is 1.38. The van der Waals surface area contributed by atoms with Gasteiger partial charge in [-0.1, -0.05) is 29.8 Å². The average molecular weight is 338 g/mol. The monoisotopic (exact) mass is 338 g/mol. The molecule has 0 spiro atoms. The first-order valence-corrected chi connectivity index (χ1v) is 8.94. The number of carbonyl (C=O) groups is 3. The van der Waals surface area contributed by atoms with Crippen LogP contribution in [0.15, 0.2) is 36.4 Å². The van der Waals surface area contributed by atoms with Gasteiger partial charge in [0.25, 0.3) is 0 Å². The number of benzene rings is 1. The largest absolute Gasteiger partial charge is 0.326 e. The molecule has 0 aromatic heterocycles. The second-order valence-corrected chi connectivity index (χ2v) is 7.33. The maximum atomic E-state index is 12.7. The molecule has 4 atom stereocenters. The van der Waals surface area contributed by atoms with E-state index in [0.29, 0.717) is 0 Å². The minimum absolute atomic E-state index is 0.0859. The number of anilines is 1. The summed E-state index contributed by atoms with van der Waals surface area (Å²) in [6.45, 7) is 2.15. The van der Waals surface area contributed by atoms with Crippen LogP contribution in [0.25, 0.3) is 0 Å². The van der Waals surface area contributed by atoms with Crippen molar-refractivity contribution in [1.29, 1.82) is 0 Å². The molecule has 1 aromatic carbocycles. The zero-order valence-electron chi connectivity index (χ0n) is 14.3. The lowest BCUT2D eigenvalue weighted by molar-refractivity contribution is -0.140. The van der Waals surface area contributed by atoms with E-state index in [1.54, 1.807) is 0 Å². The minimum Gasteiger partial charge on any atom is -0.326 e. The molecule has 4 aliphatic rings. The van der Waals surface area contributed by atoms with E-state index >= 15 is 0 Å². The van der Waals surface area contributed by atoms with Gasteiger partial charge in [0.1, 0.15) is 0 Å². The summed E-state index contributed by atoms with van der Waals surface area (Å²) in [5, 5.41) is 2.81. The van der Waals surface area contributed by atoms with Crippen LogP contribution in [0, 0.1) is 30.6 Å². The number of nitrogens with zero attached hydrogens (tertiary/aromatic N) is 1. The standard InChI is InChI=1S/C20H22N2O3/c1-12-2-8-15(9-3-12)21-16(23)10-11-22-19(24)17-13-4-5-14(7-6-13)18(17)20(22)25/h2-5,8-9,13-14,17-18H,6-7,10-11H2,1H3,(H,21,23). The number of hydrogen-bond acceptors (Lipinski definition) is 3. The summed E-state index contributed by atoms with van der Waals surface area (Å²) in [7, 11) is 0. The van der Waals surface area contributed by atoms with Gasteiger partial charge in [0, 0.05) is 18.7 Å². The Morgan fingerprint density at radius 1 is 1.04 bits per heavy atom. The predicted octanol–water partition coefficient (Wildman–Crippen LogP) is 2.52. The Bertz CT molecular complexity index is 721. The highest BCUT2D eigenvalue weighted by molar-refractivity contribution is 6.06. The summed E-state index contributed by atoms with van der Waals surface area (Å²) in [5.74, 6) is -0.363. The summed E-state index contributed by atoms with van der Waals surface area (Å²) < 4.78 is 0. The molecular weight excluding hydrogens is 316 g/mol. The Labute approximate surface area is 147 Å². The summed E-state index contributed by atoms with van der Waals surface area (Å²) in [6.07, 6.45) is 6.32. The fraction of sp³-hybridized carbons (Fsp3) is 0.450. The Kier molecular flexibility index (Phi) is 3.94. The van der Waals surface area contributed by atoms with Crippen molar-refractivity contribution < 1.29 is 14.4 Å². The van der Waals surface area contributed by atoms with E-state index in [4.69, 9.17) is 0 Å². The van der Waals surface area contributed by atoms with E-state index in [0.717, 1.165) is 24.1 Å². The lowest BCUT2D eigenvalue weighted by atomic mass is 9.63. The average Bonchev–Trinajstić information content (AvgIpc) is 2.89. The third-order valence-corrected chi connectivity index (χ3v) is 5.75. The molecule has 130 valence electrons. The van der Waals surface area contributed by atoms with Gasteiger partial charge in [-0.05, 0) is 43.7 Å². The maximum absolute atomic E-state index is 12.7. The van der Waals surface area contributed by atoms with Crippen molar-refractivity contribution in [2.24, 2.45) is 23.7 Å². The number of nitrogens with one attached hydrogen (secondary N) is 1. The van der Waals surface area contributed by atoms with E-state index in [2.05, 4.69) is 17.5 Å². The van der Waals surface area contributed by atoms with E-state index in [1.165, 1.54) is 4.90 Å². The van der Waals surface area contributed by atoms with Crippen LogP contribution in [0.4, 0.5) is 5.69 Å². The number of rotatable bonds is 4. The molecule has 4 unspecified atom stereocenters. The molecule has 1 saturated heterocycles. The number of allylic oxidation sites excluding steroid dienone is 2. The fourth-order valence-corrected chi connectivity index (χ4v) is 4.43. The number of imide groups is 1. The molecular formula is C20H22N2O3. The molecule has 1 aliphatic heterocycles. The third kappa shape index (κ3) is 2.77. The molecule has 5 rings (SSSR count). The molecule has 1 saturated carbocycles. The number of aryl methyl sites for hydroxylation is 1. The Morgan fingerprint density at radius 2 is 1.60 bits per heavy atom. The Hall–Kier alpha value is -2.43. The molecule has 2 fully saturated rings. The maximum Gasteiger partial charge on any atom is 0.233 e. The van der Waals surface area contributed by atoms with E-state index in [9.17, 15) is 14.4 Å². The van der Waals surface area contributed by atoms with E-state index < -0.39 is 0 Å². The minimum atomic E-state index is -0.198. The van der Waals surface area contributed by atoms with Gasteiger partial charge < -0.3 is 5.32 Å². The second kappa shape index (κ2) is 6.14. The van der Waals surface area contributed by atoms with Gasteiger partial charge in [0.15, 0.2) is 0 Å². The lowest BCUT2D eigenvalue weighted by Gasteiger charge is -2.38. The van der Waals surface area contributed by atoms with E-state index in [-0.39, 0.29) is 54.4 Å². The van der Waals surface area contributed by atoms with Crippen molar-refractivity contribution in [3.63, 3.8) is 0 Å². The highest BCUT2D eigenvalue weighted by atomic mass is 16.2. The topological polar surface area (TPSA) is 66.5 Å². The first-order chi connectivity index (χ1) is 12.0. The van der Waals surface area contributed by atoms with E-state index in [1.807, 2.05) is 31.2 Å². The van der Waals surface area contributed by atoms with Crippen LogP contribution in [-0.2, 0) is 14.4 Å². The van der Waals surface area contributed by atoms with Gasteiger partial charge in [0.05, 0.1) is 11.8 Å². The first kappa shape index (κ1) is 16.1. The zero-order valence-corrected chi connectivity index (χ0v) is 14.3. The van der Waals surface area contributed by atoms with Crippen LogP contribution < -0.4 is 5.32 Å². The number of carbonyl (C=O) groups excluding carboxylic acids is 3. The number of amides is 3. The van der Waals surface area contributed by atoms with Crippen molar-refractivity contribution in [2.45, 2.75) is 26.2 Å². The van der Waals surface area contributed by atoms with Crippen molar-refractivity contribution in [3.8, 4) is 0 Å².